The van der Waals surface area contributed by atoms with Crippen LogP contribution in [0.1, 0.15) is 5.56 Å². The second kappa shape index (κ2) is 9.46. The van der Waals surface area contributed by atoms with Crippen molar-refractivity contribution in [1.29, 1.82) is 0 Å². The summed E-state index contributed by atoms with van der Waals surface area (Å²) >= 11 is 0. The Hall–Kier alpha value is -4.30. The normalized spacial score (nSPS) is 10.6. The average Bonchev–Trinajstić information content (AvgIpc) is 2.87. The molecule has 0 saturated carbocycles. The van der Waals surface area contributed by atoms with Crippen molar-refractivity contribution in [3.05, 3.63) is 145 Å². The van der Waals surface area contributed by atoms with Gasteiger partial charge in [0, 0.05) is 22.7 Å². The van der Waals surface area contributed by atoms with Crippen LogP contribution in [0.5, 0.6) is 0 Å². The summed E-state index contributed by atoms with van der Waals surface area (Å²) in [7, 11) is 0. The van der Waals surface area contributed by atoms with E-state index in [1.54, 1.807) is 0 Å². The highest BCUT2D eigenvalue weighted by Gasteiger charge is 2.21. The molecule has 5 rings (SSSR count). The van der Waals surface area contributed by atoms with Gasteiger partial charge in [-0.1, -0.05) is 78.9 Å². The molecule has 0 unspecified atom stereocenters. The maximum absolute atomic E-state index is 2.33. The molecule has 0 fully saturated rings. The van der Waals surface area contributed by atoms with Crippen molar-refractivity contribution in [2.75, 3.05) is 9.80 Å². The Labute approximate surface area is 196 Å². The quantitative estimate of drug-likeness (QED) is 0.267. The molecular weight excluding hydrogens is 400 g/mol. The first-order chi connectivity index (χ1) is 16.3. The van der Waals surface area contributed by atoms with Crippen molar-refractivity contribution < 1.29 is 0 Å². The first kappa shape index (κ1) is 20.6. The lowest BCUT2D eigenvalue weighted by Gasteiger charge is -2.33. The summed E-state index contributed by atoms with van der Waals surface area (Å²) in [5, 5.41) is 0. The van der Waals surface area contributed by atoms with Gasteiger partial charge in [0.25, 0.3) is 0 Å². The zero-order valence-corrected chi connectivity index (χ0v) is 18.7. The van der Waals surface area contributed by atoms with Gasteiger partial charge in [0.2, 0.25) is 0 Å². The number of nitrogens with zero attached hydrogens (tertiary/aromatic N) is 2. The Balaban J connectivity index is 1.75. The predicted molar refractivity (Wildman–Crippen MR) is 141 cm³/mol. The SMILES string of the molecule is Cc1cccc(N(c2ccccc2)c2ccccc2N(c2ccccc2)c2ccccc2)c1. The van der Waals surface area contributed by atoms with Crippen molar-refractivity contribution in [1.82, 2.24) is 0 Å². The lowest BCUT2D eigenvalue weighted by atomic mass is 10.1. The summed E-state index contributed by atoms with van der Waals surface area (Å²) in [5.41, 5.74) is 7.95. The second-order valence-corrected chi connectivity index (χ2v) is 8.01. The molecule has 0 saturated heterocycles. The van der Waals surface area contributed by atoms with Gasteiger partial charge in [-0.3, -0.25) is 0 Å². The summed E-state index contributed by atoms with van der Waals surface area (Å²) in [6.07, 6.45) is 0. The van der Waals surface area contributed by atoms with Crippen LogP contribution in [0.15, 0.2) is 140 Å². The Morgan fingerprint density at radius 3 is 1.15 bits per heavy atom. The van der Waals surface area contributed by atoms with Gasteiger partial charge in [-0.25, -0.2) is 0 Å². The molecule has 0 amide bonds. The van der Waals surface area contributed by atoms with Crippen LogP contribution in [-0.4, -0.2) is 0 Å². The summed E-state index contributed by atoms with van der Waals surface area (Å²) in [6, 6.07) is 48.9. The number of hydrogen-bond acceptors (Lipinski definition) is 2. The van der Waals surface area contributed by atoms with Gasteiger partial charge in [-0.2, -0.15) is 0 Å². The predicted octanol–water partition coefficient (Wildman–Crippen LogP) is 8.93. The average molecular weight is 427 g/mol. The van der Waals surface area contributed by atoms with Crippen LogP contribution in [0.3, 0.4) is 0 Å². The number of aryl methyl sites for hydroxylation is 1. The van der Waals surface area contributed by atoms with Crippen molar-refractivity contribution in [3.63, 3.8) is 0 Å². The van der Waals surface area contributed by atoms with Crippen molar-refractivity contribution in [2.24, 2.45) is 0 Å². The van der Waals surface area contributed by atoms with E-state index in [1.165, 1.54) is 5.56 Å². The molecule has 0 heterocycles. The van der Waals surface area contributed by atoms with Crippen LogP contribution in [-0.2, 0) is 0 Å². The van der Waals surface area contributed by atoms with Gasteiger partial charge < -0.3 is 9.80 Å². The van der Waals surface area contributed by atoms with Crippen LogP contribution in [0.2, 0.25) is 0 Å². The van der Waals surface area contributed by atoms with Crippen LogP contribution >= 0.6 is 0 Å². The molecule has 5 aromatic carbocycles. The Bertz CT molecular complexity index is 1280. The molecule has 0 atom stereocenters. The highest BCUT2D eigenvalue weighted by molar-refractivity contribution is 5.91. The van der Waals surface area contributed by atoms with Gasteiger partial charge in [0.15, 0.2) is 0 Å². The number of benzene rings is 5. The molecule has 0 aromatic heterocycles. The van der Waals surface area contributed by atoms with Crippen LogP contribution in [0.4, 0.5) is 34.1 Å². The van der Waals surface area contributed by atoms with Crippen molar-refractivity contribution in [2.45, 2.75) is 6.92 Å². The van der Waals surface area contributed by atoms with Crippen LogP contribution in [0, 0.1) is 6.92 Å². The van der Waals surface area contributed by atoms with Gasteiger partial charge in [-0.15, -0.1) is 0 Å². The minimum absolute atomic E-state index is 1.11. The van der Waals surface area contributed by atoms with Crippen LogP contribution < -0.4 is 9.80 Å². The molecule has 5 aromatic rings. The minimum Gasteiger partial charge on any atom is -0.308 e. The lowest BCUT2D eigenvalue weighted by molar-refractivity contribution is 1.22. The molecular formula is C31H26N2. The van der Waals surface area contributed by atoms with E-state index in [9.17, 15) is 0 Å². The van der Waals surface area contributed by atoms with E-state index in [0.717, 1.165) is 34.1 Å². The van der Waals surface area contributed by atoms with Gasteiger partial charge >= 0.3 is 0 Å². The first-order valence-electron chi connectivity index (χ1n) is 11.2. The van der Waals surface area contributed by atoms with Gasteiger partial charge in [0.1, 0.15) is 0 Å². The Kier molecular flexibility index (Phi) is 5.90. The Morgan fingerprint density at radius 1 is 0.364 bits per heavy atom. The lowest BCUT2D eigenvalue weighted by Crippen LogP contribution is -2.16. The standard InChI is InChI=1S/C31H26N2/c1-25-14-13-21-29(24-25)33(28-19-9-4-10-20-28)31-23-12-11-22-30(31)32(26-15-5-2-6-16-26)27-17-7-3-8-18-27/h2-24H,1H3. The largest absolute Gasteiger partial charge is 0.308 e. The highest BCUT2D eigenvalue weighted by atomic mass is 15.2. The molecule has 0 N–H and O–H groups in total. The van der Waals surface area contributed by atoms with Crippen molar-refractivity contribution in [3.8, 4) is 0 Å². The Morgan fingerprint density at radius 2 is 0.727 bits per heavy atom. The van der Waals surface area contributed by atoms with E-state index in [2.05, 4.69) is 156 Å². The van der Waals surface area contributed by atoms with Crippen LogP contribution in [0.25, 0.3) is 0 Å². The highest BCUT2D eigenvalue weighted by Crippen LogP contribution is 2.45. The zero-order chi connectivity index (χ0) is 22.5. The first-order valence-corrected chi connectivity index (χ1v) is 11.2. The fraction of sp³-hybridized carbons (Fsp3) is 0.0323. The minimum atomic E-state index is 1.11. The molecule has 0 bridgehead atoms. The van der Waals surface area contributed by atoms with Crippen molar-refractivity contribution >= 4 is 34.1 Å². The third-order valence-corrected chi connectivity index (χ3v) is 5.67. The summed E-state index contributed by atoms with van der Waals surface area (Å²) in [5.74, 6) is 0. The monoisotopic (exact) mass is 426 g/mol. The molecule has 2 heteroatoms. The second-order valence-electron chi connectivity index (χ2n) is 8.01. The molecule has 2 nitrogen and oxygen atoms in total. The topological polar surface area (TPSA) is 6.48 Å². The number of rotatable bonds is 6. The van der Waals surface area contributed by atoms with E-state index in [-0.39, 0.29) is 0 Å². The maximum atomic E-state index is 2.33. The van der Waals surface area contributed by atoms with Gasteiger partial charge in [0.05, 0.1) is 11.4 Å². The summed E-state index contributed by atoms with van der Waals surface area (Å²) in [4.78, 5) is 4.66. The number of para-hydroxylation sites is 5. The number of anilines is 6. The van der Waals surface area contributed by atoms with E-state index in [4.69, 9.17) is 0 Å². The van der Waals surface area contributed by atoms with Gasteiger partial charge in [-0.05, 0) is 73.2 Å². The fourth-order valence-corrected chi connectivity index (χ4v) is 4.20. The van der Waals surface area contributed by atoms with E-state index < -0.39 is 0 Å². The maximum Gasteiger partial charge on any atom is 0.0702 e. The molecule has 0 aliphatic heterocycles. The molecule has 160 valence electrons. The molecule has 0 aliphatic rings. The number of hydrogen-bond donors (Lipinski definition) is 0. The zero-order valence-electron chi connectivity index (χ0n) is 18.7. The summed E-state index contributed by atoms with van der Waals surface area (Å²) < 4.78 is 0. The van der Waals surface area contributed by atoms with E-state index in [0.29, 0.717) is 0 Å². The summed E-state index contributed by atoms with van der Waals surface area (Å²) in [6.45, 7) is 2.14. The molecule has 0 aliphatic carbocycles. The molecule has 0 spiro atoms. The van der Waals surface area contributed by atoms with E-state index in [1.807, 2.05) is 0 Å². The smallest absolute Gasteiger partial charge is 0.0702 e. The molecule has 33 heavy (non-hydrogen) atoms. The molecule has 0 radical (unpaired) electrons. The van der Waals surface area contributed by atoms with E-state index >= 15 is 0 Å². The third-order valence-electron chi connectivity index (χ3n) is 5.67. The third kappa shape index (κ3) is 4.37. The fourth-order valence-electron chi connectivity index (χ4n) is 4.20.